The number of epoxide rings is 1. The number of phenolic OH excluding ortho intramolecular Hbond substituents is 7. The molecule has 258 valence electrons. The van der Waals surface area contributed by atoms with Gasteiger partial charge in [0.25, 0.3) is 0 Å². The molecule has 7 atom stereocenters. The number of benzene rings is 5. The zero-order valence-corrected chi connectivity index (χ0v) is 27.1. The van der Waals surface area contributed by atoms with Crippen LogP contribution in [0.1, 0.15) is 57.2 Å². The van der Waals surface area contributed by atoms with Gasteiger partial charge < -0.3 is 45.2 Å². The van der Waals surface area contributed by atoms with Gasteiger partial charge >= 0.3 is 0 Å². The molecule has 10 rings (SSSR count). The van der Waals surface area contributed by atoms with Gasteiger partial charge in [-0.1, -0.05) is 36.4 Å². The largest absolute Gasteiger partial charge is 0.508 e. The lowest BCUT2D eigenvalue weighted by atomic mass is 9.67. The molecule has 3 aliphatic carbocycles. The summed E-state index contributed by atoms with van der Waals surface area (Å²) in [4.78, 5) is 14.7. The number of ketones is 1. The van der Waals surface area contributed by atoms with Gasteiger partial charge in [-0.05, 0) is 82.4 Å². The second kappa shape index (κ2) is 10.1. The second-order valence-electron chi connectivity index (χ2n) is 14.2. The fourth-order valence-electron chi connectivity index (χ4n) is 9.80. The van der Waals surface area contributed by atoms with E-state index < -0.39 is 41.0 Å². The maximum absolute atomic E-state index is 14.7. The number of ether oxygens (including phenoxy) is 2. The number of fused-ring (bicyclic) bond motifs is 1. The van der Waals surface area contributed by atoms with E-state index in [4.69, 9.17) is 9.47 Å². The molecule has 2 saturated heterocycles. The third-order valence-electron chi connectivity index (χ3n) is 11.6. The molecule has 10 nitrogen and oxygen atoms in total. The SMILES string of the molecule is O=C1C=C2O[C@H](c3ccc(O)cc3)[C@@]34O[C@@]23C2=C1[C@H](c1cc(O)cc(O)c1)[C@@H](c1ccc(O)cc1)[C@H]2[C@@H](c1ccc(O)cc1)c1c(O)cc(O)cc14. The number of carbonyl (C=O) groups excluding carboxylic acids is 1. The lowest BCUT2D eigenvalue weighted by Gasteiger charge is -2.36. The van der Waals surface area contributed by atoms with E-state index in [-0.39, 0.29) is 51.8 Å². The first-order valence-corrected chi connectivity index (χ1v) is 16.9. The highest BCUT2D eigenvalue weighted by Gasteiger charge is 2.88. The van der Waals surface area contributed by atoms with E-state index in [1.54, 1.807) is 66.7 Å². The van der Waals surface area contributed by atoms with E-state index >= 15 is 0 Å². The zero-order valence-electron chi connectivity index (χ0n) is 27.1. The number of hydrogen-bond donors (Lipinski definition) is 7. The zero-order chi connectivity index (χ0) is 35.8. The Balaban J connectivity index is 1.36. The molecule has 0 bridgehead atoms. The highest BCUT2D eigenvalue weighted by atomic mass is 16.7. The van der Waals surface area contributed by atoms with E-state index in [0.29, 0.717) is 39.0 Å². The summed E-state index contributed by atoms with van der Waals surface area (Å²) in [7, 11) is 0. The van der Waals surface area contributed by atoms with Crippen molar-refractivity contribution in [3.63, 3.8) is 0 Å². The van der Waals surface area contributed by atoms with Crippen molar-refractivity contribution in [2.24, 2.45) is 5.92 Å². The number of hydrogen-bond acceptors (Lipinski definition) is 10. The number of allylic oxidation sites excluding steroid dienone is 2. The first-order chi connectivity index (χ1) is 25.0. The van der Waals surface area contributed by atoms with Crippen LogP contribution in [0.25, 0.3) is 0 Å². The molecular formula is C42H30O10. The van der Waals surface area contributed by atoms with Crippen LogP contribution in [0, 0.1) is 5.92 Å². The molecular weight excluding hydrogens is 664 g/mol. The molecule has 2 fully saturated rings. The molecule has 0 aromatic heterocycles. The molecule has 5 aliphatic rings. The number of aromatic hydroxyl groups is 7. The Labute approximate surface area is 296 Å². The van der Waals surface area contributed by atoms with Crippen LogP contribution < -0.4 is 0 Å². The molecule has 2 aliphatic heterocycles. The van der Waals surface area contributed by atoms with Crippen LogP contribution in [0.5, 0.6) is 40.2 Å². The molecule has 2 heterocycles. The normalized spacial score (nSPS) is 29.0. The van der Waals surface area contributed by atoms with Crippen molar-refractivity contribution in [2.75, 3.05) is 0 Å². The van der Waals surface area contributed by atoms with E-state index in [2.05, 4.69) is 0 Å². The summed E-state index contributed by atoms with van der Waals surface area (Å²) < 4.78 is 13.8. The minimum Gasteiger partial charge on any atom is -0.508 e. The van der Waals surface area contributed by atoms with Crippen LogP contribution in [-0.2, 0) is 19.9 Å². The van der Waals surface area contributed by atoms with Crippen LogP contribution >= 0.6 is 0 Å². The fraction of sp³-hybridized carbons (Fsp3) is 0.167. The van der Waals surface area contributed by atoms with Crippen LogP contribution in [0.3, 0.4) is 0 Å². The molecule has 0 amide bonds. The predicted molar refractivity (Wildman–Crippen MR) is 184 cm³/mol. The van der Waals surface area contributed by atoms with Crippen LogP contribution in [0.4, 0.5) is 0 Å². The molecule has 52 heavy (non-hydrogen) atoms. The van der Waals surface area contributed by atoms with Crippen molar-refractivity contribution >= 4 is 5.78 Å². The van der Waals surface area contributed by atoms with Crippen molar-refractivity contribution in [3.8, 4) is 40.2 Å². The van der Waals surface area contributed by atoms with Gasteiger partial charge in [-0.25, -0.2) is 0 Å². The highest BCUT2D eigenvalue weighted by Crippen LogP contribution is 2.82. The maximum atomic E-state index is 14.7. The van der Waals surface area contributed by atoms with Crippen LogP contribution in [0.2, 0.25) is 0 Å². The van der Waals surface area contributed by atoms with Crippen molar-refractivity contribution in [2.45, 2.75) is 35.1 Å². The highest BCUT2D eigenvalue weighted by molar-refractivity contribution is 6.10. The van der Waals surface area contributed by atoms with Gasteiger partial charge in [0.05, 0.1) is 0 Å². The molecule has 0 unspecified atom stereocenters. The summed E-state index contributed by atoms with van der Waals surface area (Å²) in [6.07, 6.45) is 0.532. The molecule has 5 aromatic rings. The Hall–Kier alpha value is -6.39. The number of phenols is 7. The summed E-state index contributed by atoms with van der Waals surface area (Å²) in [6.45, 7) is 0. The summed E-state index contributed by atoms with van der Waals surface area (Å²) >= 11 is 0. The van der Waals surface area contributed by atoms with Gasteiger partial charge in [0.15, 0.2) is 23.1 Å². The predicted octanol–water partition coefficient (Wildman–Crippen LogP) is 6.47. The Morgan fingerprint density at radius 2 is 1.10 bits per heavy atom. The van der Waals surface area contributed by atoms with Gasteiger partial charge in [0.2, 0.25) is 0 Å². The Kier molecular flexibility index (Phi) is 5.92. The average Bonchev–Trinajstić information content (AvgIpc) is 3.55. The Morgan fingerprint density at radius 1 is 0.538 bits per heavy atom. The summed E-state index contributed by atoms with van der Waals surface area (Å²) in [5.41, 5.74) is 1.59. The van der Waals surface area contributed by atoms with Crippen molar-refractivity contribution in [1.82, 2.24) is 0 Å². The van der Waals surface area contributed by atoms with E-state index in [1.807, 2.05) is 0 Å². The minimum atomic E-state index is -1.40. The lowest BCUT2D eigenvalue weighted by Crippen LogP contribution is -2.31. The number of carbonyl (C=O) groups is 1. The van der Waals surface area contributed by atoms with E-state index in [9.17, 15) is 40.5 Å². The smallest absolute Gasteiger partial charge is 0.186 e. The molecule has 10 heteroatoms. The fourth-order valence-corrected chi connectivity index (χ4v) is 9.80. The maximum Gasteiger partial charge on any atom is 0.186 e. The molecule has 0 saturated carbocycles. The minimum absolute atomic E-state index is 0.0288. The summed E-state index contributed by atoms with van der Waals surface area (Å²) in [6, 6.07) is 26.8. The monoisotopic (exact) mass is 694 g/mol. The molecule has 1 spiro atoms. The first kappa shape index (κ1) is 30.4. The van der Waals surface area contributed by atoms with Crippen molar-refractivity contribution in [1.29, 1.82) is 0 Å². The summed E-state index contributed by atoms with van der Waals surface area (Å²) in [5.74, 6) is -3.59. The van der Waals surface area contributed by atoms with Gasteiger partial charge in [-0.3, -0.25) is 4.79 Å². The first-order valence-electron chi connectivity index (χ1n) is 16.9. The lowest BCUT2D eigenvalue weighted by molar-refractivity contribution is -0.112. The molecule has 7 N–H and O–H groups in total. The Bertz CT molecular complexity index is 2410. The Morgan fingerprint density at radius 3 is 1.71 bits per heavy atom. The third kappa shape index (κ3) is 3.79. The van der Waals surface area contributed by atoms with Crippen LogP contribution in [-0.4, -0.2) is 47.1 Å². The molecule has 0 radical (unpaired) electrons. The van der Waals surface area contributed by atoms with E-state index in [0.717, 1.165) is 5.56 Å². The van der Waals surface area contributed by atoms with Gasteiger partial charge in [-0.15, -0.1) is 0 Å². The van der Waals surface area contributed by atoms with E-state index in [1.165, 1.54) is 42.5 Å². The van der Waals surface area contributed by atoms with Crippen LogP contribution in [0.15, 0.2) is 126 Å². The average molecular weight is 695 g/mol. The van der Waals surface area contributed by atoms with Gasteiger partial charge in [0.1, 0.15) is 46.0 Å². The quantitative estimate of drug-likeness (QED) is 0.103. The van der Waals surface area contributed by atoms with Gasteiger partial charge in [-0.2, -0.15) is 0 Å². The summed E-state index contributed by atoms with van der Waals surface area (Å²) in [5, 5.41) is 75.6. The number of rotatable bonds is 4. The van der Waals surface area contributed by atoms with Crippen molar-refractivity contribution in [3.05, 3.63) is 159 Å². The third-order valence-corrected chi connectivity index (χ3v) is 11.6. The standard InChI is InChI=1S/C42H30O10/c43-23-7-1-19(2-8-23)33-35(22-13-26(46)15-27(47)14-22)37-31(50)18-32-42-39(37)38(33)34(20-3-9-24(44)10-4-20)36-29(16-28(48)17-30(36)49)41(42,52-42)40(51-32)21-5-11-25(45)12-6-21/h1-18,33-35,38,40,43-49H/t33-,34+,35-,38+,40-,41-,42-/m1/s1. The van der Waals surface area contributed by atoms with Gasteiger partial charge in [0, 0.05) is 58.6 Å². The second-order valence-corrected chi connectivity index (χ2v) is 14.2. The topological polar surface area (TPSA) is 180 Å². The molecule has 5 aromatic carbocycles. The van der Waals surface area contributed by atoms with Crippen molar-refractivity contribution < 1.29 is 50.0 Å².